The summed E-state index contributed by atoms with van der Waals surface area (Å²) in [6, 6.07) is 18.4. The molecule has 2 nitrogen and oxygen atoms in total. The number of carbonyl (C=O) groups excluding carboxylic acids is 1. The Labute approximate surface area is 132 Å². The monoisotopic (exact) mass is 342 g/mol. The Morgan fingerprint density at radius 1 is 1.05 bits per heavy atom. The van der Waals surface area contributed by atoms with Gasteiger partial charge in [-0.3, -0.25) is 0 Å². The fraction of sp³-hybridized carbons (Fsp3) is 0.167. The normalized spacial score (nSPS) is 21.4. The number of carbonyl (C=O) groups is 1. The first kappa shape index (κ1) is 14.1. The van der Waals surface area contributed by atoms with Gasteiger partial charge >= 0.3 is 5.97 Å². The SMILES string of the molecule is C=C1CC(CBr)(c2ccc(-c3ccccc3)cc2)OC1=O. The second-order valence-electron chi connectivity index (χ2n) is 5.24. The fourth-order valence-corrected chi connectivity index (χ4v) is 3.25. The molecule has 1 saturated heterocycles. The average Bonchev–Trinajstić information content (AvgIpc) is 2.84. The lowest BCUT2D eigenvalue weighted by molar-refractivity contribution is -0.145. The predicted octanol–water partition coefficient (Wildman–Crippen LogP) is 4.45. The number of halogens is 1. The summed E-state index contributed by atoms with van der Waals surface area (Å²) in [5, 5.41) is 0.565. The third-order valence-electron chi connectivity index (χ3n) is 3.81. The van der Waals surface area contributed by atoms with Crippen molar-refractivity contribution < 1.29 is 9.53 Å². The largest absolute Gasteiger partial charge is 0.450 e. The van der Waals surface area contributed by atoms with Gasteiger partial charge in [-0.05, 0) is 16.7 Å². The van der Waals surface area contributed by atoms with E-state index in [0.717, 1.165) is 11.1 Å². The molecule has 1 unspecified atom stereocenters. The lowest BCUT2D eigenvalue weighted by atomic mass is 9.90. The highest BCUT2D eigenvalue weighted by Crippen LogP contribution is 2.40. The molecule has 21 heavy (non-hydrogen) atoms. The molecule has 0 N–H and O–H groups in total. The van der Waals surface area contributed by atoms with Crippen molar-refractivity contribution in [3.05, 3.63) is 72.3 Å². The van der Waals surface area contributed by atoms with Crippen LogP contribution in [-0.4, -0.2) is 11.3 Å². The molecule has 1 aliphatic heterocycles. The van der Waals surface area contributed by atoms with Gasteiger partial charge in [0.05, 0.1) is 0 Å². The summed E-state index contributed by atoms with van der Waals surface area (Å²) in [6.07, 6.45) is 0.530. The van der Waals surface area contributed by atoms with Crippen LogP contribution in [0.25, 0.3) is 11.1 Å². The first-order chi connectivity index (χ1) is 10.1. The molecule has 106 valence electrons. The molecule has 0 bridgehead atoms. The molecule has 0 saturated carbocycles. The summed E-state index contributed by atoms with van der Waals surface area (Å²) in [5.41, 5.74) is 3.22. The molecule has 0 aromatic heterocycles. The lowest BCUT2D eigenvalue weighted by Gasteiger charge is -2.25. The minimum absolute atomic E-state index is 0.304. The summed E-state index contributed by atoms with van der Waals surface area (Å²) < 4.78 is 5.56. The number of hydrogen-bond acceptors (Lipinski definition) is 2. The van der Waals surface area contributed by atoms with Gasteiger partial charge in [-0.1, -0.05) is 77.1 Å². The van der Waals surface area contributed by atoms with E-state index in [1.165, 1.54) is 5.56 Å². The molecular formula is C18H15BrO2. The van der Waals surface area contributed by atoms with Gasteiger partial charge < -0.3 is 4.74 Å². The van der Waals surface area contributed by atoms with Crippen molar-refractivity contribution in [2.24, 2.45) is 0 Å². The van der Waals surface area contributed by atoms with Crippen LogP contribution in [0.5, 0.6) is 0 Å². The number of cyclic esters (lactones) is 1. The molecule has 1 aliphatic rings. The van der Waals surface area contributed by atoms with Crippen LogP contribution in [-0.2, 0) is 15.1 Å². The zero-order valence-corrected chi connectivity index (χ0v) is 13.1. The van der Waals surface area contributed by atoms with Crippen molar-refractivity contribution in [2.45, 2.75) is 12.0 Å². The number of esters is 1. The van der Waals surface area contributed by atoms with E-state index in [1.807, 2.05) is 30.3 Å². The zero-order valence-electron chi connectivity index (χ0n) is 11.5. The highest BCUT2D eigenvalue weighted by molar-refractivity contribution is 9.09. The third kappa shape index (κ3) is 2.54. The van der Waals surface area contributed by atoms with Crippen LogP contribution in [0.1, 0.15) is 12.0 Å². The van der Waals surface area contributed by atoms with Crippen molar-refractivity contribution >= 4 is 21.9 Å². The molecule has 1 atom stereocenters. The van der Waals surface area contributed by atoms with Crippen LogP contribution in [0.3, 0.4) is 0 Å². The maximum atomic E-state index is 11.7. The van der Waals surface area contributed by atoms with Gasteiger partial charge in [-0.2, -0.15) is 0 Å². The quantitative estimate of drug-likeness (QED) is 0.468. The van der Waals surface area contributed by atoms with E-state index in [9.17, 15) is 4.79 Å². The summed E-state index contributed by atoms with van der Waals surface area (Å²) >= 11 is 3.47. The van der Waals surface area contributed by atoms with Gasteiger partial charge in [-0.25, -0.2) is 4.79 Å². The Bertz CT molecular complexity index is 658. The number of alkyl halides is 1. The molecule has 0 aliphatic carbocycles. The first-order valence-electron chi connectivity index (χ1n) is 6.78. The number of rotatable bonds is 3. The summed E-state index contributed by atoms with van der Waals surface area (Å²) in [4.78, 5) is 11.7. The Morgan fingerprint density at radius 3 is 2.19 bits per heavy atom. The van der Waals surface area contributed by atoms with E-state index < -0.39 is 5.60 Å². The molecule has 0 radical (unpaired) electrons. The fourth-order valence-electron chi connectivity index (χ4n) is 2.61. The van der Waals surface area contributed by atoms with Crippen molar-refractivity contribution in [3.63, 3.8) is 0 Å². The van der Waals surface area contributed by atoms with E-state index in [2.05, 4.69) is 46.8 Å². The molecule has 2 aromatic carbocycles. The standard InChI is InChI=1S/C18H15BrO2/c1-13-11-18(12-19,21-17(13)20)16-9-7-15(8-10-16)14-5-3-2-4-6-14/h2-10H,1,11-12H2. The predicted molar refractivity (Wildman–Crippen MR) is 87.2 cm³/mol. The minimum Gasteiger partial charge on any atom is -0.450 e. The summed E-state index contributed by atoms with van der Waals surface area (Å²) in [5.74, 6) is -0.304. The average molecular weight is 343 g/mol. The molecular weight excluding hydrogens is 328 g/mol. The van der Waals surface area contributed by atoms with Crippen LogP contribution in [0, 0.1) is 0 Å². The van der Waals surface area contributed by atoms with Crippen LogP contribution in [0.15, 0.2) is 66.7 Å². The Hall–Kier alpha value is -1.87. The van der Waals surface area contributed by atoms with Crippen molar-refractivity contribution in [2.75, 3.05) is 5.33 Å². The van der Waals surface area contributed by atoms with Crippen molar-refractivity contribution in [1.82, 2.24) is 0 Å². The van der Waals surface area contributed by atoms with Gasteiger partial charge in [0.2, 0.25) is 0 Å². The van der Waals surface area contributed by atoms with E-state index in [1.54, 1.807) is 0 Å². The second-order valence-corrected chi connectivity index (χ2v) is 5.80. The van der Waals surface area contributed by atoms with E-state index >= 15 is 0 Å². The first-order valence-corrected chi connectivity index (χ1v) is 7.90. The van der Waals surface area contributed by atoms with Gasteiger partial charge in [0.1, 0.15) is 0 Å². The molecule has 1 fully saturated rings. The maximum absolute atomic E-state index is 11.7. The Kier molecular flexibility index (Phi) is 3.68. The lowest BCUT2D eigenvalue weighted by Crippen LogP contribution is -2.27. The number of hydrogen-bond donors (Lipinski definition) is 0. The molecule has 3 rings (SSSR count). The summed E-state index contributed by atoms with van der Waals surface area (Å²) in [6.45, 7) is 3.77. The zero-order chi connectivity index (χ0) is 14.9. The number of ether oxygens (including phenoxy) is 1. The molecule has 3 heteroatoms. The summed E-state index contributed by atoms with van der Waals surface area (Å²) in [7, 11) is 0. The Morgan fingerprint density at radius 2 is 1.67 bits per heavy atom. The molecule has 0 spiro atoms. The van der Waals surface area contributed by atoms with Crippen LogP contribution >= 0.6 is 15.9 Å². The molecule has 1 heterocycles. The smallest absolute Gasteiger partial charge is 0.334 e. The number of benzene rings is 2. The van der Waals surface area contributed by atoms with Gasteiger partial charge in [0, 0.05) is 17.3 Å². The second kappa shape index (κ2) is 5.49. The third-order valence-corrected chi connectivity index (χ3v) is 4.72. The highest BCUT2D eigenvalue weighted by atomic mass is 79.9. The van der Waals surface area contributed by atoms with E-state index in [0.29, 0.717) is 17.3 Å². The van der Waals surface area contributed by atoms with E-state index in [-0.39, 0.29) is 5.97 Å². The topological polar surface area (TPSA) is 26.3 Å². The Balaban J connectivity index is 1.94. The van der Waals surface area contributed by atoms with Crippen LogP contribution < -0.4 is 0 Å². The highest BCUT2D eigenvalue weighted by Gasteiger charge is 2.43. The van der Waals surface area contributed by atoms with Gasteiger partial charge in [-0.15, -0.1) is 0 Å². The maximum Gasteiger partial charge on any atom is 0.334 e. The van der Waals surface area contributed by atoms with Crippen LogP contribution in [0.4, 0.5) is 0 Å². The minimum atomic E-state index is -0.622. The molecule has 2 aromatic rings. The van der Waals surface area contributed by atoms with Crippen molar-refractivity contribution in [1.29, 1.82) is 0 Å². The molecule has 0 amide bonds. The van der Waals surface area contributed by atoms with Gasteiger partial charge in [0.25, 0.3) is 0 Å². The van der Waals surface area contributed by atoms with Crippen LogP contribution in [0.2, 0.25) is 0 Å². The van der Waals surface area contributed by atoms with Crippen molar-refractivity contribution in [3.8, 4) is 11.1 Å². The van der Waals surface area contributed by atoms with Gasteiger partial charge in [0.15, 0.2) is 5.60 Å². The van der Waals surface area contributed by atoms with E-state index in [4.69, 9.17) is 4.74 Å².